The van der Waals surface area contributed by atoms with Crippen molar-refractivity contribution in [3.63, 3.8) is 0 Å². The van der Waals surface area contributed by atoms with E-state index < -0.39 is 0 Å². The molecule has 2 N–H and O–H groups in total. The number of benzene rings is 2. The van der Waals surface area contributed by atoms with E-state index in [4.69, 9.17) is 9.47 Å². The van der Waals surface area contributed by atoms with Crippen LogP contribution in [0.4, 0.5) is 5.69 Å². The first-order valence-electron chi connectivity index (χ1n) is 11.4. The van der Waals surface area contributed by atoms with Gasteiger partial charge in [-0.1, -0.05) is 13.0 Å². The largest absolute Gasteiger partial charge is 0.496 e. The van der Waals surface area contributed by atoms with Gasteiger partial charge in [-0.25, -0.2) is 0 Å². The third-order valence-corrected chi connectivity index (χ3v) is 6.07. The maximum Gasteiger partial charge on any atom is 0.271 e. The van der Waals surface area contributed by atoms with Gasteiger partial charge in [0.25, 0.3) is 5.56 Å². The normalized spacial score (nSPS) is 10.2. The second kappa shape index (κ2) is 12.1. The first kappa shape index (κ1) is 26.7. The number of nitrogens with one attached hydrogen (secondary N) is 2. The second-order valence-electron chi connectivity index (χ2n) is 8.41. The third-order valence-electron chi connectivity index (χ3n) is 6.07. The highest BCUT2D eigenvalue weighted by Crippen LogP contribution is 2.24. The zero-order valence-corrected chi connectivity index (χ0v) is 21.5. The molecule has 1 heterocycles. The molecule has 0 aliphatic carbocycles. The first-order chi connectivity index (χ1) is 16.1. The number of aromatic nitrogens is 1. The van der Waals surface area contributed by atoms with E-state index in [2.05, 4.69) is 37.1 Å². The second-order valence-corrected chi connectivity index (χ2v) is 8.41. The predicted molar refractivity (Wildman–Crippen MR) is 139 cm³/mol. The number of carbonyl (C=O) groups excluding carboxylic acids is 1. The van der Waals surface area contributed by atoms with E-state index >= 15 is 0 Å². The fraction of sp³-hybridized carbons (Fsp3) is 0.357. The Bertz CT molecular complexity index is 1210. The van der Waals surface area contributed by atoms with Crippen LogP contribution in [-0.2, 0) is 13.0 Å². The molecule has 6 heteroatoms. The van der Waals surface area contributed by atoms with Gasteiger partial charge in [-0.3, -0.25) is 9.59 Å². The maximum absolute atomic E-state index is 12.1. The van der Waals surface area contributed by atoms with Crippen molar-refractivity contribution >= 4 is 12.0 Å². The van der Waals surface area contributed by atoms with Crippen LogP contribution in [-0.4, -0.2) is 25.5 Å². The number of methoxy groups -OCH3 is 2. The van der Waals surface area contributed by atoms with Crippen LogP contribution in [0.25, 0.3) is 0 Å². The molecule has 0 fully saturated rings. The molecule has 3 aromatic rings. The summed E-state index contributed by atoms with van der Waals surface area (Å²) in [4.78, 5) is 25.5. The molecule has 0 bridgehead atoms. The van der Waals surface area contributed by atoms with Crippen molar-refractivity contribution in [2.24, 2.45) is 0 Å². The monoisotopic (exact) mass is 464 g/mol. The van der Waals surface area contributed by atoms with Crippen LogP contribution >= 0.6 is 0 Å². The van der Waals surface area contributed by atoms with Gasteiger partial charge in [0.1, 0.15) is 17.2 Å². The van der Waals surface area contributed by atoms with E-state index in [0.29, 0.717) is 23.5 Å². The predicted octanol–water partition coefficient (Wildman–Crippen LogP) is 5.61. The van der Waals surface area contributed by atoms with E-state index in [1.165, 1.54) is 11.1 Å². The highest BCUT2D eigenvalue weighted by molar-refractivity contribution is 5.80. The van der Waals surface area contributed by atoms with Gasteiger partial charge in [-0.05, 0) is 93.1 Å². The Morgan fingerprint density at radius 3 is 1.94 bits per heavy atom. The Morgan fingerprint density at radius 2 is 1.38 bits per heavy atom. The lowest BCUT2D eigenvalue weighted by Gasteiger charge is -2.14. The van der Waals surface area contributed by atoms with Gasteiger partial charge < -0.3 is 19.8 Å². The number of aldehydes is 1. The average Bonchev–Trinajstić information content (AvgIpc) is 2.82. The first-order valence-corrected chi connectivity index (χ1v) is 11.4. The van der Waals surface area contributed by atoms with Crippen LogP contribution in [0.3, 0.4) is 0 Å². The van der Waals surface area contributed by atoms with Gasteiger partial charge >= 0.3 is 0 Å². The zero-order valence-electron chi connectivity index (χ0n) is 21.5. The maximum atomic E-state index is 12.1. The molecule has 1 aromatic heterocycles. The Balaban J connectivity index is 0.000000287. The highest BCUT2D eigenvalue weighted by Gasteiger charge is 2.09. The van der Waals surface area contributed by atoms with Gasteiger partial charge in [0.05, 0.1) is 19.8 Å². The summed E-state index contributed by atoms with van der Waals surface area (Å²) in [5.41, 5.74) is 8.91. The van der Waals surface area contributed by atoms with E-state index in [9.17, 15) is 9.59 Å². The number of aromatic amines is 1. The van der Waals surface area contributed by atoms with E-state index in [-0.39, 0.29) is 5.56 Å². The van der Waals surface area contributed by atoms with Gasteiger partial charge in [-0.2, -0.15) is 0 Å². The number of hydrogen-bond acceptors (Lipinski definition) is 5. The molecule has 34 heavy (non-hydrogen) atoms. The summed E-state index contributed by atoms with van der Waals surface area (Å²) in [7, 11) is 3.23. The molecule has 2 aromatic carbocycles. The summed E-state index contributed by atoms with van der Waals surface area (Å²) in [6.45, 7) is 12.7. The zero-order chi connectivity index (χ0) is 25.4. The number of anilines is 1. The van der Waals surface area contributed by atoms with Crippen molar-refractivity contribution in [3.05, 3.63) is 85.3 Å². The van der Waals surface area contributed by atoms with Crippen molar-refractivity contribution < 1.29 is 14.3 Å². The van der Waals surface area contributed by atoms with Crippen LogP contribution in [0.1, 0.15) is 56.4 Å². The summed E-state index contributed by atoms with van der Waals surface area (Å²) < 4.78 is 10.5. The van der Waals surface area contributed by atoms with Gasteiger partial charge in [0.15, 0.2) is 6.29 Å². The number of aryl methyl sites for hydroxylation is 6. The smallest absolute Gasteiger partial charge is 0.271 e. The van der Waals surface area contributed by atoms with Gasteiger partial charge in [0.2, 0.25) is 0 Å². The molecule has 0 saturated carbocycles. The molecule has 3 rings (SSSR count). The molecule has 0 spiro atoms. The minimum atomic E-state index is -0.0856. The van der Waals surface area contributed by atoms with Crippen molar-refractivity contribution in [3.8, 4) is 11.5 Å². The Morgan fingerprint density at radius 1 is 0.824 bits per heavy atom. The molecule has 0 amide bonds. The van der Waals surface area contributed by atoms with Crippen LogP contribution in [0.15, 0.2) is 35.1 Å². The minimum absolute atomic E-state index is 0.0856. The highest BCUT2D eigenvalue weighted by atomic mass is 16.5. The molecule has 0 saturated heterocycles. The standard InChI is InChI=1S/C18H24N2O2.C10H12O2/c1-6-14-9-16(18(21)20-13(14)4)19-10-15-7-11(2)12(3)8-17(15)22-5;1-7-4-9(6-11)10(12-3)5-8(7)2/h7-9,19H,6,10H2,1-5H3,(H,20,21);4-6H,1-3H3. The van der Waals surface area contributed by atoms with Crippen LogP contribution in [0.2, 0.25) is 0 Å². The Labute approximate surface area is 202 Å². The molecule has 182 valence electrons. The molecular formula is C28H36N2O4. The van der Waals surface area contributed by atoms with Crippen molar-refractivity contribution in [1.82, 2.24) is 4.98 Å². The van der Waals surface area contributed by atoms with Crippen molar-refractivity contribution in [2.45, 2.75) is 54.5 Å². The van der Waals surface area contributed by atoms with Crippen LogP contribution < -0.4 is 20.3 Å². The summed E-state index contributed by atoms with van der Waals surface area (Å²) in [6, 6.07) is 9.77. The number of ether oxygens (including phenoxy) is 2. The summed E-state index contributed by atoms with van der Waals surface area (Å²) >= 11 is 0. The van der Waals surface area contributed by atoms with Gasteiger partial charge in [-0.15, -0.1) is 0 Å². The lowest BCUT2D eigenvalue weighted by molar-refractivity contribution is 0.112. The molecule has 6 nitrogen and oxygen atoms in total. The SMILES string of the molecule is CCc1cc(NCc2cc(C)c(C)cc2OC)c(=O)[nH]c1C.COc1cc(C)c(C)cc1C=O. The Kier molecular flexibility index (Phi) is 9.48. The average molecular weight is 465 g/mol. The fourth-order valence-electron chi connectivity index (χ4n) is 3.61. The van der Waals surface area contributed by atoms with Gasteiger partial charge in [0, 0.05) is 17.8 Å². The number of rotatable bonds is 7. The van der Waals surface area contributed by atoms with E-state index in [1.54, 1.807) is 14.2 Å². The van der Waals surface area contributed by atoms with Crippen molar-refractivity contribution in [2.75, 3.05) is 19.5 Å². The van der Waals surface area contributed by atoms with Crippen LogP contribution in [0.5, 0.6) is 11.5 Å². The van der Waals surface area contributed by atoms with E-state index in [1.807, 2.05) is 45.0 Å². The fourth-order valence-corrected chi connectivity index (χ4v) is 3.61. The summed E-state index contributed by atoms with van der Waals surface area (Å²) in [6.07, 6.45) is 1.70. The van der Waals surface area contributed by atoms with E-state index in [0.717, 1.165) is 46.4 Å². The van der Waals surface area contributed by atoms with Crippen LogP contribution in [0, 0.1) is 34.6 Å². The molecule has 0 atom stereocenters. The number of pyridine rings is 1. The Hall–Kier alpha value is -3.54. The summed E-state index contributed by atoms with van der Waals surface area (Å²) in [5, 5.41) is 3.23. The number of carbonyl (C=O) groups is 1. The third kappa shape index (κ3) is 6.50. The number of hydrogen-bond donors (Lipinski definition) is 2. The molecule has 0 radical (unpaired) electrons. The van der Waals surface area contributed by atoms with Crippen molar-refractivity contribution in [1.29, 1.82) is 0 Å². The number of H-pyrrole nitrogens is 1. The topological polar surface area (TPSA) is 80.4 Å². The lowest BCUT2D eigenvalue weighted by Crippen LogP contribution is -2.16. The molecular weight excluding hydrogens is 428 g/mol. The molecule has 0 aliphatic heterocycles. The minimum Gasteiger partial charge on any atom is -0.496 e. The lowest BCUT2D eigenvalue weighted by atomic mass is 10.0. The molecule has 0 aliphatic rings. The summed E-state index contributed by atoms with van der Waals surface area (Å²) in [5.74, 6) is 1.49. The quantitative estimate of drug-likeness (QED) is 0.445. The molecule has 0 unspecified atom stereocenters.